The van der Waals surface area contributed by atoms with E-state index in [4.69, 9.17) is 5.11 Å². The fraction of sp³-hybridized carbons (Fsp3) is 0.562. The smallest absolute Gasteiger partial charge is 0.322 e. The van der Waals surface area contributed by atoms with Gasteiger partial charge in [-0.3, -0.25) is 0 Å². The van der Waals surface area contributed by atoms with Crippen molar-refractivity contribution in [3.8, 4) is 0 Å². The van der Waals surface area contributed by atoms with Crippen LogP contribution in [0.3, 0.4) is 0 Å². The quantitative estimate of drug-likeness (QED) is 0.785. The number of aryl methyl sites for hydroxylation is 2. The van der Waals surface area contributed by atoms with Crippen LogP contribution >= 0.6 is 0 Å². The van der Waals surface area contributed by atoms with E-state index in [1.54, 1.807) is 0 Å². The Labute approximate surface area is 120 Å². The number of nitrogens with one attached hydrogen (secondary N) is 1. The average molecular weight is 276 g/mol. The number of hydrogen-bond donors (Lipinski definition) is 2. The number of hydrogen-bond acceptors (Lipinski definition) is 2. The van der Waals surface area contributed by atoms with Gasteiger partial charge in [-0.05, 0) is 62.8 Å². The first kappa shape index (κ1) is 14.9. The molecule has 0 aliphatic heterocycles. The summed E-state index contributed by atoms with van der Waals surface area (Å²) in [5.74, 6) is 0. The molecule has 0 radical (unpaired) electrons. The first-order valence-corrected chi connectivity index (χ1v) is 7.37. The van der Waals surface area contributed by atoms with Crippen LogP contribution in [-0.2, 0) is 0 Å². The summed E-state index contributed by atoms with van der Waals surface area (Å²) in [6, 6.07) is 6.44. The molecule has 1 aromatic carbocycles. The number of carbonyl (C=O) groups excluding carboxylic acids is 1. The van der Waals surface area contributed by atoms with Gasteiger partial charge in [-0.2, -0.15) is 0 Å². The predicted octanol–water partition coefficient (Wildman–Crippen LogP) is 3.07. The van der Waals surface area contributed by atoms with Gasteiger partial charge in [0.15, 0.2) is 0 Å². The summed E-state index contributed by atoms with van der Waals surface area (Å²) in [4.78, 5) is 14.3. The average Bonchev–Trinajstić information content (AvgIpc) is 3.17. The number of aliphatic hydroxyl groups excluding tert-OH is 1. The fourth-order valence-corrected chi connectivity index (χ4v) is 2.47. The maximum Gasteiger partial charge on any atom is 0.322 e. The summed E-state index contributed by atoms with van der Waals surface area (Å²) in [6.07, 6.45) is 3.80. The number of nitrogens with zero attached hydrogens (tertiary/aromatic N) is 1. The number of aliphatic hydroxyl groups is 1. The molecule has 0 spiro atoms. The Morgan fingerprint density at radius 2 is 1.90 bits per heavy atom. The van der Waals surface area contributed by atoms with Gasteiger partial charge in [0.1, 0.15) is 0 Å². The number of anilines is 1. The second kappa shape index (κ2) is 6.75. The lowest BCUT2D eigenvalue weighted by Gasteiger charge is -2.23. The number of rotatable bonds is 6. The van der Waals surface area contributed by atoms with Crippen LogP contribution < -0.4 is 5.32 Å². The highest BCUT2D eigenvalue weighted by atomic mass is 16.3. The van der Waals surface area contributed by atoms with Crippen LogP contribution in [0.25, 0.3) is 0 Å². The summed E-state index contributed by atoms with van der Waals surface area (Å²) < 4.78 is 0. The molecule has 0 bridgehead atoms. The Morgan fingerprint density at radius 3 is 2.45 bits per heavy atom. The van der Waals surface area contributed by atoms with Gasteiger partial charge < -0.3 is 15.3 Å². The van der Waals surface area contributed by atoms with Crippen LogP contribution in [0.2, 0.25) is 0 Å². The lowest BCUT2D eigenvalue weighted by atomic mass is 10.1. The third-order valence-electron chi connectivity index (χ3n) is 3.53. The van der Waals surface area contributed by atoms with E-state index >= 15 is 0 Å². The van der Waals surface area contributed by atoms with Gasteiger partial charge in [0.05, 0.1) is 0 Å². The Kier molecular flexibility index (Phi) is 5.01. The van der Waals surface area contributed by atoms with Crippen LogP contribution in [0.4, 0.5) is 10.5 Å². The van der Waals surface area contributed by atoms with Crippen LogP contribution in [0.5, 0.6) is 0 Å². The zero-order valence-electron chi connectivity index (χ0n) is 12.4. The monoisotopic (exact) mass is 276 g/mol. The van der Waals surface area contributed by atoms with Gasteiger partial charge in [-0.25, -0.2) is 4.79 Å². The van der Waals surface area contributed by atoms with E-state index in [1.165, 1.54) is 0 Å². The van der Waals surface area contributed by atoms with Crippen LogP contribution in [0.1, 0.15) is 36.8 Å². The zero-order valence-corrected chi connectivity index (χ0v) is 12.4. The third-order valence-corrected chi connectivity index (χ3v) is 3.53. The van der Waals surface area contributed by atoms with Crippen molar-refractivity contribution in [3.05, 3.63) is 29.3 Å². The van der Waals surface area contributed by atoms with Gasteiger partial charge in [-0.1, -0.05) is 6.07 Å². The molecule has 110 valence electrons. The third kappa shape index (κ3) is 4.23. The molecular formula is C16H24N2O2. The van der Waals surface area contributed by atoms with Gasteiger partial charge in [0.2, 0.25) is 0 Å². The van der Waals surface area contributed by atoms with E-state index in [1.807, 2.05) is 30.9 Å². The van der Waals surface area contributed by atoms with Gasteiger partial charge in [-0.15, -0.1) is 0 Å². The number of benzene rings is 1. The van der Waals surface area contributed by atoms with Crippen LogP contribution in [0.15, 0.2) is 18.2 Å². The molecule has 1 fully saturated rings. The first-order valence-electron chi connectivity index (χ1n) is 7.37. The van der Waals surface area contributed by atoms with Crippen molar-refractivity contribution in [2.45, 2.75) is 45.6 Å². The fourth-order valence-electron chi connectivity index (χ4n) is 2.47. The molecule has 0 heterocycles. The van der Waals surface area contributed by atoms with E-state index in [0.29, 0.717) is 6.04 Å². The number of urea groups is 1. The van der Waals surface area contributed by atoms with E-state index in [2.05, 4.69) is 11.4 Å². The van der Waals surface area contributed by atoms with Crippen molar-refractivity contribution < 1.29 is 9.90 Å². The molecule has 4 nitrogen and oxygen atoms in total. The number of carbonyl (C=O) groups is 1. The maximum atomic E-state index is 12.4. The van der Waals surface area contributed by atoms with Crippen molar-refractivity contribution in [2.24, 2.45) is 0 Å². The molecule has 1 aliphatic rings. The summed E-state index contributed by atoms with van der Waals surface area (Å²) in [6.45, 7) is 4.98. The Morgan fingerprint density at radius 1 is 1.25 bits per heavy atom. The molecule has 0 atom stereocenters. The van der Waals surface area contributed by atoms with Crippen LogP contribution in [0, 0.1) is 13.8 Å². The SMILES string of the molecule is Cc1cc(C)cc(NC(=O)N(CCCCO)C2CC2)c1. The summed E-state index contributed by atoms with van der Waals surface area (Å²) in [5, 5.41) is 11.8. The normalized spacial score (nSPS) is 14.2. The first-order chi connectivity index (χ1) is 9.60. The highest BCUT2D eigenvalue weighted by Crippen LogP contribution is 2.28. The highest BCUT2D eigenvalue weighted by Gasteiger charge is 2.32. The molecule has 0 saturated heterocycles. The van der Waals surface area contributed by atoms with Crippen molar-refractivity contribution in [3.63, 3.8) is 0 Å². The highest BCUT2D eigenvalue weighted by molar-refractivity contribution is 5.90. The molecular weight excluding hydrogens is 252 g/mol. The molecule has 2 rings (SSSR count). The van der Waals surface area contributed by atoms with Crippen molar-refractivity contribution in [1.82, 2.24) is 4.90 Å². The second-order valence-corrected chi connectivity index (χ2v) is 5.66. The van der Waals surface area contributed by atoms with Gasteiger partial charge in [0, 0.05) is 24.9 Å². The van der Waals surface area contributed by atoms with Gasteiger partial charge in [0.25, 0.3) is 0 Å². The lowest BCUT2D eigenvalue weighted by molar-refractivity contribution is 0.204. The molecule has 1 aliphatic carbocycles. The minimum absolute atomic E-state index is 0.0181. The molecule has 1 aromatic rings. The maximum absolute atomic E-state index is 12.4. The summed E-state index contributed by atoms with van der Waals surface area (Å²) in [5.41, 5.74) is 3.16. The molecule has 2 amide bonds. The number of amides is 2. The van der Waals surface area contributed by atoms with Crippen LogP contribution in [-0.4, -0.2) is 35.2 Å². The van der Waals surface area contributed by atoms with E-state index in [9.17, 15) is 4.79 Å². The lowest BCUT2D eigenvalue weighted by Crippen LogP contribution is -2.37. The molecule has 2 N–H and O–H groups in total. The van der Waals surface area contributed by atoms with Crippen molar-refractivity contribution in [1.29, 1.82) is 0 Å². The topological polar surface area (TPSA) is 52.6 Å². The minimum Gasteiger partial charge on any atom is -0.396 e. The van der Waals surface area contributed by atoms with E-state index < -0.39 is 0 Å². The van der Waals surface area contributed by atoms with Crippen molar-refractivity contribution in [2.75, 3.05) is 18.5 Å². The summed E-state index contributed by atoms with van der Waals surface area (Å²) in [7, 11) is 0. The Hall–Kier alpha value is -1.55. The van der Waals surface area contributed by atoms with Crippen molar-refractivity contribution >= 4 is 11.7 Å². The molecule has 0 aromatic heterocycles. The second-order valence-electron chi connectivity index (χ2n) is 5.66. The van der Waals surface area contributed by atoms with E-state index in [-0.39, 0.29) is 12.6 Å². The molecule has 4 heteroatoms. The Bertz CT molecular complexity index is 449. The molecule has 0 unspecified atom stereocenters. The molecule has 1 saturated carbocycles. The summed E-state index contributed by atoms with van der Waals surface area (Å²) >= 11 is 0. The Balaban J connectivity index is 1.96. The zero-order chi connectivity index (χ0) is 14.5. The predicted molar refractivity (Wildman–Crippen MR) is 81.0 cm³/mol. The van der Waals surface area contributed by atoms with E-state index in [0.717, 1.165) is 49.0 Å². The standard InChI is InChI=1S/C16H24N2O2/c1-12-9-13(2)11-14(10-12)17-16(20)18(15-5-6-15)7-3-4-8-19/h9-11,15,19H,3-8H2,1-2H3,(H,17,20). The minimum atomic E-state index is -0.0181. The largest absolute Gasteiger partial charge is 0.396 e. The van der Waals surface area contributed by atoms with Gasteiger partial charge >= 0.3 is 6.03 Å². The number of unbranched alkanes of at least 4 members (excludes halogenated alkanes) is 1. The molecule has 20 heavy (non-hydrogen) atoms.